The van der Waals surface area contributed by atoms with Gasteiger partial charge in [-0.2, -0.15) is 0 Å². The van der Waals surface area contributed by atoms with E-state index in [9.17, 15) is 4.79 Å². The van der Waals surface area contributed by atoms with Crippen molar-refractivity contribution in [1.29, 1.82) is 0 Å². The van der Waals surface area contributed by atoms with Crippen LogP contribution in [-0.2, 0) is 4.74 Å². The quantitative estimate of drug-likeness (QED) is 0.741. The van der Waals surface area contributed by atoms with Gasteiger partial charge in [-0.1, -0.05) is 18.2 Å². The molecule has 0 aliphatic heterocycles. The summed E-state index contributed by atoms with van der Waals surface area (Å²) in [5.41, 5.74) is 5.76. The fraction of sp³-hybridized carbons (Fsp3) is 0.364. The van der Waals surface area contributed by atoms with Gasteiger partial charge in [0.1, 0.15) is 6.61 Å². The molecule has 1 aromatic carbocycles. The number of nitrogens with two attached hydrogens (primary N) is 1. The van der Waals surface area contributed by atoms with Crippen LogP contribution in [-0.4, -0.2) is 18.1 Å². The third-order valence-electron chi connectivity index (χ3n) is 1.58. The minimum atomic E-state index is -0.482. The Morgan fingerprint density at radius 1 is 1.36 bits per heavy atom. The molecule has 14 heavy (non-hydrogen) atoms. The van der Waals surface area contributed by atoms with Crippen molar-refractivity contribution in [1.82, 2.24) is 0 Å². The molecule has 0 aliphatic carbocycles. The number of esters is 1. The number of carbonyl (C=O) groups is 1. The molecule has 0 fully saturated rings. The van der Waals surface area contributed by atoms with Gasteiger partial charge in [-0.3, -0.25) is 0 Å². The average molecular weight is 193 g/mol. The Morgan fingerprint density at radius 2 is 1.93 bits per heavy atom. The Bertz CT molecular complexity index is 301. The SMILES string of the molecule is CC(C)(N)COC(=O)c1ccccc1. The maximum absolute atomic E-state index is 11.4. The third-order valence-corrected chi connectivity index (χ3v) is 1.58. The predicted octanol–water partition coefficient (Wildman–Crippen LogP) is 1.58. The van der Waals surface area contributed by atoms with Crippen molar-refractivity contribution in [2.45, 2.75) is 19.4 Å². The fourth-order valence-electron chi connectivity index (χ4n) is 0.909. The van der Waals surface area contributed by atoms with Crippen LogP contribution in [0.4, 0.5) is 0 Å². The van der Waals surface area contributed by atoms with Crippen LogP contribution >= 0.6 is 0 Å². The van der Waals surface area contributed by atoms with Crippen LogP contribution in [0.5, 0.6) is 0 Å². The smallest absolute Gasteiger partial charge is 0.338 e. The fourth-order valence-corrected chi connectivity index (χ4v) is 0.909. The molecule has 0 atom stereocenters. The highest BCUT2D eigenvalue weighted by atomic mass is 16.5. The lowest BCUT2D eigenvalue weighted by atomic mass is 10.1. The minimum absolute atomic E-state index is 0.223. The lowest BCUT2D eigenvalue weighted by molar-refractivity contribution is 0.0433. The Kier molecular flexibility index (Phi) is 3.25. The molecule has 0 amide bonds. The summed E-state index contributed by atoms with van der Waals surface area (Å²) in [6.07, 6.45) is 0. The van der Waals surface area contributed by atoms with Crippen LogP contribution < -0.4 is 5.73 Å². The van der Waals surface area contributed by atoms with Gasteiger partial charge in [0.05, 0.1) is 5.56 Å². The van der Waals surface area contributed by atoms with Crippen molar-refractivity contribution >= 4 is 5.97 Å². The number of ether oxygens (including phenoxy) is 1. The van der Waals surface area contributed by atoms with Crippen LogP contribution in [0.3, 0.4) is 0 Å². The first-order chi connectivity index (χ1) is 6.49. The van der Waals surface area contributed by atoms with E-state index in [-0.39, 0.29) is 12.6 Å². The van der Waals surface area contributed by atoms with Crippen molar-refractivity contribution in [3.8, 4) is 0 Å². The van der Waals surface area contributed by atoms with Gasteiger partial charge >= 0.3 is 5.97 Å². The minimum Gasteiger partial charge on any atom is -0.460 e. The molecule has 0 spiro atoms. The summed E-state index contributed by atoms with van der Waals surface area (Å²) in [4.78, 5) is 11.4. The molecule has 0 saturated carbocycles. The van der Waals surface area contributed by atoms with Crippen molar-refractivity contribution in [2.75, 3.05) is 6.61 Å². The number of hydrogen-bond donors (Lipinski definition) is 1. The van der Waals surface area contributed by atoms with Gasteiger partial charge < -0.3 is 10.5 Å². The number of carbonyl (C=O) groups excluding carboxylic acids is 1. The van der Waals surface area contributed by atoms with E-state index in [1.54, 1.807) is 24.3 Å². The highest BCUT2D eigenvalue weighted by Gasteiger charge is 2.14. The Labute approximate surface area is 83.9 Å². The van der Waals surface area contributed by atoms with E-state index in [0.717, 1.165) is 0 Å². The standard InChI is InChI=1S/C11H15NO2/c1-11(2,12)8-14-10(13)9-6-4-3-5-7-9/h3-7H,8,12H2,1-2H3. The second-order valence-electron chi connectivity index (χ2n) is 3.93. The molecule has 0 aliphatic rings. The molecular weight excluding hydrogens is 178 g/mol. The molecule has 0 aromatic heterocycles. The van der Waals surface area contributed by atoms with Gasteiger partial charge in [0, 0.05) is 5.54 Å². The maximum atomic E-state index is 11.4. The molecule has 0 saturated heterocycles. The average Bonchev–Trinajstić information content (AvgIpc) is 2.14. The maximum Gasteiger partial charge on any atom is 0.338 e. The molecule has 1 rings (SSSR count). The predicted molar refractivity (Wildman–Crippen MR) is 55.0 cm³/mol. The summed E-state index contributed by atoms with van der Waals surface area (Å²) < 4.78 is 5.03. The summed E-state index contributed by atoms with van der Waals surface area (Å²) in [6.45, 7) is 3.84. The van der Waals surface area contributed by atoms with Crippen LogP contribution in [0, 0.1) is 0 Å². The zero-order chi connectivity index (χ0) is 10.6. The molecule has 3 heteroatoms. The van der Waals surface area contributed by atoms with E-state index in [1.165, 1.54) is 0 Å². The van der Waals surface area contributed by atoms with Crippen molar-refractivity contribution in [3.63, 3.8) is 0 Å². The molecule has 0 heterocycles. The molecule has 1 aromatic rings. The lowest BCUT2D eigenvalue weighted by Gasteiger charge is -2.17. The highest BCUT2D eigenvalue weighted by Crippen LogP contribution is 2.04. The van der Waals surface area contributed by atoms with Crippen LogP contribution in [0.25, 0.3) is 0 Å². The summed E-state index contributed by atoms with van der Waals surface area (Å²) >= 11 is 0. The molecule has 3 nitrogen and oxygen atoms in total. The molecule has 2 N–H and O–H groups in total. The topological polar surface area (TPSA) is 52.3 Å². The van der Waals surface area contributed by atoms with E-state index in [4.69, 9.17) is 10.5 Å². The molecule has 0 bridgehead atoms. The zero-order valence-electron chi connectivity index (χ0n) is 8.49. The second kappa shape index (κ2) is 4.24. The Hall–Kier alpha value is -1.35. The number of rotatable bonds is 3. The third kappa shape index (κ3) is 3.58. The molecule has 0 radical (unpaired) electrons. The van der Waals surface area contributed by atoms with Crippen LogP contribution in [0.1, 0.15) is 24.2 Å². The number of benzene rings is 1. The van der Waals surface area contributed by atoms with E-state index in [2.05, 4.69) is 0 Å². The molecule has 0 unspecified atom stereocenters. The van der Waals surface area contributed by atoms with Crippen LogP contribution in [0.15, 0.2) is 30.3 Å². The zero-order valence-corrected chi connectivity index (χ0v) is 8.49. The second-order valence-corrected chi connectivity index (χ2v) is 3.93. The first-order valence-corrected chi connectivity index (χ1v) is 4.50. The summed E-state index contributed by atoms with van der Waals surface area (Å²) in [5, 5.41) is 0. The summed E-state index contributed by atoms with van der Waals surface area (Å²) in [5.74, 6) is -0.330. The van der Waals surface area contributed by atoms with Gasteiger partial charge in [-0.25, -0.2) is 4.79 Å². The van der Waals surface area contributed by atoms with Gasteiger partial charge in [-0.15, -0.1) is 0 Å². The van der Waals surface area contributed by atoms with Gasteiger partial charge in [0.25, 0.3) is 0 Å². The van der Waals surface area contributed by atoms with Crippen molar-refractivity contribution in [3.05, 3.63) is 35.9 Å². The largest absolute Gasteiger partial charge is 0.460 e. The van der Waals surface area contributed by atoms with Gasteiger partial charge in [-0.05, 0) is 26.0 Å². The molecular formula is C11H15NO2. The van der Waals surface area contributed by atoms with E-state index in [0.29, 0.717) is 5.56 Å². The van der Waals surface area contributed by atoms with E-state index < -0.39 is 5.54 Å². The Morgan fingerprint density at radius 3 is 2.43 bits per heavy atom. The Balaban J connectivity index is 2.52. The number of hydrogen-bond acceptors (Lipinski definition) is 3. The normalized spacial score (nSPS) is 11.1. The van der Waals surface area contributed by atoms with Crippen LogP contribution in [0.2, 0.25) is 0 Å². The van der Waals surface area contributed by atoms with Gasteiger partial charge in [0.15, 0.2) is 0 Å². The summed E-state index contributed by atoms with van der Waals surface area (Å²) in [6, 6.07) is 8.87. The molecule has 76 valence electrons. The highest BCUT2D eigenvalue weighted by molar-refractivity contribution is 5.89. The van der Waals surface area contributed by atoms with Crippen molar-refractivity contribution < 1.29 is 9.53 Å². The first-order valence-electron chi connectivity index (χ1n) is 4.50. The first kappa shape index (κ1) is 10.7. The van der Waals surface area contributed by atoms with E-state index in [1.807, 2.05) is 19.9 Å². The van der Waals surface area contributed by atoms with E-state index >= 15 is 0 Å². The van der Waals surface area contributed by atoms with Gasteiger partial charge in [0.2, 0.25) is 0 Å². The monoisotopic (exact) mass is 193 g/mol. The van der Waals surface area contributed by atoms with Crippen molar-refractivity contribution in [2.24, 2.45) is 5.73 Å². The lowest BCUT2D eigenvalue weighted by Crippen LogP contribution is -2.38. The summed E-state index contributed by atoms with van der Waals surface area (Å²) in [7, 11) is 0.